The van der Waals surface area contributed by atoms with Gasteiger partial charge in [0.25, 0.3) is 0 Å². The van der Waals surface area contributed by atoms with Crippen LogP contribution >= 0.6 is 0 Å². The molecule has 0 bridgehead atoms. The second-order valence-corrected chi connectivity index (χ2v) is 4.01. The Labute approximate surface area is 98.8 Å². The molecule has 0 spiro atoms. The first kappa shape index (κ1) is 10.2. The monoisotopic (exact) mass is 224 g/mol. The normalized spacial score (nSPS) is 11.1. The van der Waals surface area contributed by atoms with Crippen molar-refractivity contribution >= 4 is 22.1 Å². The zero-order chi connectivity index (χ0) is 11.7. The molecule has 3 nitrogen and oxygen atoms in total. The van der Waals surface area contributed by atoms with Gasteiger partial charge in [0.15, 0.2) is 0 Å². The van der Waals surface area contributed by atoms with E-state index < -0.39 is 0 Å². The highest BCUT2D eigenvalue weighted by Crippen LogP contribution is 2.17. The van der Waals surface area contributed by atoms with E-state index in [2.05, 4.69) is 9.97 Å². The Morgan fingerprint density at radius 3 is 2.18 bits per heavy atom. The molecule has 0 aliphatic carbocycles. The van der Waals surface area contributed by atoms with E-state index in [4.69, 9.17) is 5.11 Å². The molecule has 3 rings (SSSR count). The molecule has 1 heterocycles. The molecule has 0 saturated heterocycles. The van der Waals surface area contributed by atoms with Gasteiger partial charge in [-0.2, -0.15) is 0 Å². The van der Waals surface area contributed by atoms with Crippen LogP contribution in [0.3, 0.4) is 0 Å². The summed E-state index contributed by atoms with van der Waals surface area (Å²) in [5.74, 6) is 0. The topological polar surface area (TPSA) is 46.0 Å². The van der Waals surface area contributed by atoms with E-state index in [0.29, 0.717) is 6.42 Å². The molecule has 0 saturated carbocycles. The van der Waals surface area contributed by atoms with E-state index in [1.807, 2.05) is 42.5 Å². The largest absolute Gasteiger partial charge is 0.396 e. The lowest BCUT2D eigenvalue weighted by atomic mass is 10.1. The second-order valence-electron chi connectivity index (χ2n) is 4.01. The van der Waals surface area contributed by atoms with Gasteiger partial charge in [-0.15, -0.1) is 0 Å². The van der Waals surface area contributed by atoms with E-state index in [1.54, 1.807) is 0 Å². The highest BCUT2D eigenvalue weighted by molar-refractivity contribution is 5.86. The first-order valence-electron chi connectivity index (χ1n) is 5.63. The van der Waals surface area contributed by atoms with Crippen molar-refractivity contribution in [3.8, 4) is 0 Å². The van der Waals surface area contributed by atoms with Crippen molar-refractivity contribution in [2.45, 2.75) is 6.42 Å². The van der Waals surface area contributed by atoms with Crippen LogP contribution in [0, 0.1) is 0 Å². The highest BCUT2D eigenvalue weighted by atomic mass is 16.2. The van der Waals surface area contributed by atoms with Crippen molar-refractivity contribution in [2.75, 3.05) is 6.61 Å². The van der Waals surface area contributed by atoms with E-state index in [-0.39, 0.29) is 6.61 Å². The van der Waals surface area contributed by atoms with Crippen LogP contribution in [0.25, 0.3) is 22.1 Å². The summed E-state index contributed by atoms with van der Waals surface area (Å²) in [5, 5.41) is 8.93. The molecule has 0 aliphatic rings. The third-order valence-electron chi connectivity index (χ3n) is 2.80. The number of aliphatic hydroxyl groups excluding tert-OH is 1. The molecule has 0 fully saturated rings. The van der Waals surface area contributed by atoms with Gasteiger partial charge in [-0.05, 0) is 36.2 Å². The van der Waals surface area contributed by atoms with Crippen molar-refractivity contribution < 1.29 is 5.11 Å². The van der Waals surface area contributed by atoms with Crippen LogP contribution < -0.4 is 0 Å². The fraction of sp³-hybridized carbons (Fsp3) is 0.143. The van der Waals surface area contributed by atoms with Crippen molar-refractivity contribution in [3.05, 3.63) is 48.0 Å². The average molecular weight is 224 g/mol. The number of nitrogens with zero attached hydrogens (tertiary/aromatic N) is 2. The molecule has 2 aromatic carbocycles. The quantitative estimate of drug-likeness (QED) is 0.679. The number of hydrogen-bond acceptors (Lipinski definition) is 3. The maximum Gasteiger partial charge on any atom is 0.0897 e. The summed E-state index contributed by atoms with van der Waals surface area (Å²) >= 11 is 0. The van der Waals surface area contributed by atoms with E-state index in [1.165, 1.54) is 0 Å². The molecule has 0 atom stereocenters. The SMILES string of the molecule is OCCc1ccc2nc3ccccc3nc2c1. The first-order chi connectivity index (χ1) is 8.36. The van der Waals surface area contributed by atoms with Crippen LogP contribution in [-0.4, -0.2) is 21.7 Å². The number of fused-ring (bicyclic) bond motifs is 2. The number of benzene rings is 2. The Kier molecular flexibility index (Phi) is 2.46. The maximum atomic E-state index is 8.93. The summed E-state index contributed by atoms with van der Waals surface area (Å²) in [4.78, 5) is 9.13. The van der Waals surface area contributed by atoms with Crippen LogP contribution in [0.4, 0.5) is 0 Å². The third kappa shape index (κ3) is 1.85. The van der Waals surface area contributed by atoms with E-state index in [9.17, 15) is 0 Å². The van der Waals surface area contributed by atoms with Gasteiger partial charge in [-0.1, -0.05) is 18.2 Å². The van der Waals surface area contributed by atoms with Crippen LogP contribution in [0.1, 0.15) is 5.56 Å². The molecule has 0 radical (unpaired) electrons. The summed E-state index contributed by atoms with van der Waals surface area (Å²) in [7, 11) is 0. The fourth-order valence-electron chi connectivity index (χ4n) is 1.95. The molecule has 0 aliphatic heterocycles. The third-order valence-corrected chi connectivity index (χ3v) is 2.80. The van der Waals surface area contributed by atoms with Gasteiger partial charge in [0.05, 0.1) is 22.1 Å². The Morgan fingerprint density at radius 2 is 1.47 bits per heavy atom. The fourth-order valence-corrected chi connectivity index (χ4v) is 1.95. The van der Waals surface area contributed by atoms with Gasteiger partial charge in [-0.3, -0.25) is 0 Å². The number of aliphatic hydroxyl groups is 1. The van der Waals surface area contributed by atoms with Crippen molar-refractivity contribution in [2.24, 2.45) is 0 Å². The zero-order valence-electron chi connectivity index (χ0n) is 9.30. The molecule has 17 heavy (non-hydrogen) atoms. The molecule has 84 valence electrons. The Morgan fingerprint density at radius 1 is 0.824 bits per heavy atom. The standard InChI is InChI=1S/C14H12N2O/c17-8-7-10-5-6-13-14(9-10)16-12-4-2-1-3-11(12)15-13/h1-6,9,17H,7-8H2. The lowest BCUT2D eigenvalue weighted by Crippen LogP contribution is -1.92. The second kappa shape index (κ2) is 4.11. The minimum absolute atomic E-state index is 0.159. The molecule has 1 N–H and O–H groups in total. The molecule has 3 aromatic rings. The Hall–Kier alpha value is -2.00. The minimum atomic E-state index is 0.159. The van der Waals surface area contributed by atoms with Crippen molar-refractivity contribution in [1.82, 2.24) is 9.97 Å². The first-order valence-corrected chi connectivity index (χ1v) is 5.63. The van der Waals surface area contributed by atoms with E-state index >= 15 is 0 Å². The number of hydrogen-bond donors (Lipinski definition) is 1. The van der Waals surface area contributed by atoms with Crippen molar-refractivity contribution in [3.63, 3.8) is 0 Å². The van der Waals surface area contributed by atoms with Gasteiger partial charge in [0.2, 0.25) is 0 Å². The molecule has 1 aromatic heterocycles. The van der Waals surface area contributed by atoms with Crippen LogP contribution in [-0.2, 0) is 6.42 Å². The average Bonchev–Trinajstić information content (AvgIpc) is 2.36. The lowest BCUT2D eigenvalue weighted by molar-refractivity contribution is 0.299. The summed E-state index contributed by atoms with van der Waals surface area (Å²) in [6, 6.07) is 13.8. The van der Waals surface area contributed by atoms with Gasteiger partial charge in [0, 0.05) is 6.61 Å². The van der Waals surface area contributed by atoms with Crippen LogP contribution in [0.2, 0.25) is 0 Å². The summed E-state index contributed by atoms with van der Waals surface area (Å²) in [6.45, 7) is 0.159. The van der Waals surface area contributed by atoms with Crippen molar-refractivity contribution in [1.29, 1.82) is 0 Å². The maximum absolute atomic E-state index is 8.93. The zero-order valence-corrected chi connectivity index (χ0v) is 9.30. The Balaban J connectivity index is 2.25. The predicted octanol–water partition coefficient (Wildman–Crippen LogP) is 2.32. The minimum Gasteiger partial charge on any atom is -0.396 e. The predicted molar refractivity (Wildman–Crippen MR) is 67.8 cm³/mol. The number of aromatic nitrogens is 2. The summed E-state index contributed by atoms with van der Waals surface area (Å²) in [6.07, 6.45) is 0.657. The van der Waals surface area contributed by atoms with Gasteiger partial charge < -0.3 is 5.11 Å². The van der Waals surface area contributed by atoms with Gasteiger partial charge in [0.1, 0.15) is 0 Å². The Bertz CT molecular complexity index is 679. The van der Waals surface area contributed by atoms with Gasteiger partial charge in [-0.25, -0.2) is 9.97 Å². The summed E-state index contributed by atoms with van der Waals surface area (Å²) in [5.41, 5.74) is 4.68. The molecular formula is C14H12N2O. The van der Waals surface area contributed by atoms with Gasteiger partial charge >= 0.3 is 0 Å². The molecule has 0 unspecified atom stereocenters. The highest BCUT2D eigenvalue weighted by Gasteiger charge is 2.01. The number of rotatable bonds is 2. The summed E-state index contributed by atoms with van der Waals surface area (Å²) < 4.78 is 0. The lowest BCUT2D eigenvalue weighted by Gasteiger charge is -2.03. The molecule has 3 heteroatoms. The van der Waals surface area contributed by atoms with E-state index in [0.717, 1.165) is 27.6 Å². The van der Waals surface area contributed by atoms with Crippen LogP contribution in [0.15, 0.2) is 42.5 Å². The van der Waals surface area contributed by atoms with Crippen LogP contribution in [0.5, 0.6) is 0 Å². The smallest absolute Gasteiger partial charge is 0.0897 e. The number of para-hydroxylation sites is 2. The molecule has 0 amide bonds. The molecular weight excluding hydrogens is 212 g/mol.